The SMILES string of the molecule is CCCCOc1ncccc1CNC(=NC)N1CCC(CC(=O)NC)CC1. The van der Waals surface area contributed by atoms with Gasteiger partial charge in [0.05, 0.1) is 6.61 Å². The van der Waals surface area contributed by atoms with E-state index in [0.717, 1.165) is 50.3 Å². The Morgan fingerprint density at radius 2 is 2.19 bits per heavy atom. The summed E-state index contributed by atoms with van der Waals surface area (Å²) in [5.74, 6) is 2.16. The van der Waals surface area contributed by atoms with Crippen LogP contribution < -0.4 is 15.4 Å². The predicted molar refractivity (Wildman–Crippen MR) is 108 cm³/mol. The number of unbranched alkanes of at least 4 members (excludes halogenated alkanes) is 1. The van der Waals surface area contributed by atoms with Crippen LogP contribution in [0.25, 0.3) is 0 Å². The second-order valence-corrected chi connectivity index (χ2v) is 6.88. The van der Waals surface area contributed by atoms with Crippen LogP contribution in [0, 0.1) is 5.92 Å². The number of aliphatic imine (C=N–C) groups is 1. The van der Waals surface area contributed by atoms with E-state index in [9.17, 15) is 4.79 Å². The summed E-state index contributed by atoms with van der Waals surface area (Å²) in [6, 6.07) is 3.96. The van der Waals surface area contributed by atoms with E-state index in [2.05, 4.69) is 32.4 Å². The lowest BCUT2D eigenvalue weighted by atomic mass is 9.93. The van der Waals surface area contributed by atoms with Crippen molar-refractivity contribution in [3.8, 4) is 5.88 Å². The Bertz CT molecular complexity index is 612. The summed E-state index contributed by atoms with van der Waals surface area (Å²) in [5, 5.41) is 6.14. The molecular weight excluding hydrogens is 342 g/mol. The first kappa shape index (κ1) is 21.0. The molecule has 7 heteroatoms. The minimum atomic E-state index is 0.128. The van der Waals surface area contributed by atoms with Gasteiger partial charge in [-0.15, -0.1) is 0 Å². The summed E-state index contributed by atoms with van der Waals surface area (Å²) < 4.78 is 5.81. The number of aromatic nitrogens is 1. The monoisotopic (exact) mass is 375 g/mol. The minimum Gasteiger partial charge on any atom is -0.477 e. The summed E-state index contributed by atoms with van der Waals surface area (Å²) in [4.78, 5) is 22.6. The molecule has 2 heterocycles. The van der Waals surface area contributed by atoms with Crippen LogP contribution >= 0.6 is 0 Å². The summed E-state index contributed by atoms with van der Waals surface area (Å²) in [7, 11) is 3.50. The van der Waals surface area contributed by atoms with Gasteiger partial charge in [-0.05, 0) is 31.2 Å². The molecule has 0 radical (unpaired) electrons. The van der Waals surface area contributed by atoms with E-state index in [-0.39, 0.29) is 5.91 Å². The molecule has 1 saturated heterocycles. The smallest absolute Gasteiger partial charge is 0.220 e. The van der Waals surface area contributed by atoms with E-state index in [4.69, 9.17) is 4.74 Å². The first-order chi connectivity index (χ1) is 13.2. The number of guanidine groups is 1. The number of piperidine rings is 1. The number of amides is 1. The van der Waals surface area contributed by atoms with Gasteiger partial charge < -0.3 is 20.3 Å². The molecule has 0 saturated carbocycles. The molecule has 0 bridgehead atoms. The van der Waals surface area contributed by atoms with Crippen molar-refractivity contribution in [3.63, 3.8) is 0 Å². The van der Waals surface area contributed by atoms with Gasteiger partial charge >= 0.3 is 0 Å². The number of pyridine rings is 1. The van der Waals surface area contributed by atoms with Gasteiger partial charge in [0.1, 0.15) is 0 Å². The summed E-state index contributed by atoms with van der Waals surface area (Å²) in [5.41, 5.74) is 1.03. The van der Waals surface area contributed by atoms with E-state index in [0.29, 0.717) is 31.4 Å². The third-order valence-electron chi connectivity index (χ3n) is 4.90. The van der Waals surface area contributed by atoms with Crippen molar-refractivity contribution < 1.29 is 9.53 Å². The van der Waals surface area contributed by atoms with E-state index in [1.165, 1.54) is 0 Å². The molecule has 150 valence electrons. The van der Waals surface area contributed by atoms with E-state index < -0.39 is 0 Å². The Morgan fingerprint density at radius 3 is 2.85 bits per heavy atom. The normalized spacial score (nSPS) is 15.5. The minimum absolute atomic E-state index is 0.128. The highest BCUT2D eigenvalue weighted by Crippen LogP contribution is 2.21. The van der Waals surface area contributed by atoms with Crippen LogP contribution in [0.2, 0.25) is 0 Å². The molecule has 1 aliphatic rings. The molecule has 2 rings (SSSR count). The van der Waals surface area contributed by atoms with Crippen molar-refractivity contribution in [2.45, 2.75) is 45.6 Å². The number of rotatable bonds is 8. The first-order valence-corrected chi connectivity index (χ1v) is 9.90. The van der Waals surface area contributed by atoms with Crippen LogP contribution in [0.1, 0.15) is 44.6 Å². The van der Waals surface area contributed by atoms with Crippen LogP contribution in [0.4, 0.5) is 0 Å². The highest BCUT2D eigenvalue weighted by Gasteiger charge is 2.23. The maximum atomic E-state index is 11.6. The van der Waals surface area contributed by atoms with Crippen molar-refractivity contribution in [2.24, 2.45) is 10.9 Å². The van der Waals surface area contributed by atoms with Crippen molar-refractivity contribution in [3.05, 3.63) is 23.9 Å². The lowest BCUT2D eigenvalue weighted by molar-refractivity contribution is -0.121. The molecule has 0 atom stereocenters. The van der Waals surface area contributed by atoms with E-state index in [1.54, 1.807) is 20.3 Å². The average Bonchev–Trinajstić information content (AvgIpc) is 2.70. The van der Waals surface area contributed by atoms with Crippen LogP contribution in [0.15, 0.2) is 23.3 Å². The van der Waals surface area contributed by atoms with Gasteiger partial charge in [0.2, 0.25) is 11.8 Å². The van der Waals surface area contributed by atoms with Gasteiger partial charge in [0.25, 0.3) is 0 Å². The number of carbonyl (C=O) groups is 1. The Hall–Kier alpha value is -2.31. The fourth-order valence-corrected chi connectivity index (χ4v) is 3.22. The Kier molecular flexibility index (Phi) is 8.87. The topological polar surface area (TPSA) is 78.8 Å². The fourth-order valence-electron chi connectivity index (χ4n) is 3.22. The molecular formula is C20H33N5O2. The first-order valence-electron chi connectivity index (χ1n) is 9.90. The summed E-state index contributed by atoms with van der Waals surface area (Å²) in [6.07, 6.45) is 6.51. The second kappa shape index (κ2) is 11.4. The molecule has 1 aliphatic heterocycles. The Morgan fingerprint density at radius 1 is 1.41 bits per heavy atom. The number of carbonyl (C=O) groups excluding carboxylic acids is 1. The van der Waals surface area contributed by atoms with Gasteiger partial charge in [-0.3, -0.25) is 9.79 Å². The van der Waals surface area contributed by atoms with Crippen LogP contribution in [0.5, 0.6) is 5.88 Å². The lowest BCUT2D eigenvalue weighted by Gasteiger charge is -2.34. The standard InChI is InChI=1S/C20H33N5O2/c1-4-5-13-27-19-17(7-6-10-23-19)15-24-20(22-3)25-11-8-16(9-12-25)14-18(26)21-2/h6-7,10,16H,4-5,8-9,11-15H2,1-3H3,(H,21,26)(H,22,24). The van der Waals surface area contributed by atoms with Gasteiger partial charge in [-0.1, -0.05) is 19.4 Å². The van der Waals surface area contributed by atoms with Crippen molar-refractivity contribution in [2.75, 3.05) is 33.8 Å². The van der Waals surface area contributed by atoms with Crippen LogP contribution in [0.3, 0.4) is 0 Å². The molecule has 7 nitrogen and oxygen atoms in total. The van der Waals surface area contributed by atoms with E-state index >= 15 is 0 Å². The molecule has 1 fully saturated rings. The van der Waals surface area contributed by atoms with E-state index in [1.807, 2.05) is 12.1 Å². The quantitative estimate of drug-likeness (QED) is 0.414. The fraction of sp³-hybridized carbons (Fsp3) is 0.650. The Labute approximate surface area is 162 Å². The molecule has 0 aliphatic carbocycles. The molecule has 1 aromatic heterocycles. The largest absolute Gasteiger partial charge is 0.477 e. The number of nitrogens with zero attached hydrogens (tertiary/aromatic N) is 3. The van der Waals surface area contributed by atoms with Crippen molar-refractivity contribution >= 4 is 11.9 Å². The predicted octanol–water partition coefficient (Wildman–Crippen LogP) is 2.18. The highest BCUT2D eigenvalue weighted by molar-refractivity contribution is 5.80. The maximum Gasteiger partial charge on any atom is 0.220 e. The van der Waals surface area contributed by atoms with Gasteiger partial charge in [-0.25, -0.2) is 4.98 Å². The number of hydrogen-bond donors (Lipinski definition) is 2. The molecule has 1 aromatic rings. The zero-order chi connectivity index (χ0) is 19.5. The number of hydrogen-bond acceptors (Lipinski definition) is 4. The third kappa shape index (κ3) is 6.73. The van der Waals surface area contributed by atoms with Crippen LogP contribution in [-0.2, 0) is 11.3 Å². The highest BCUT2D eigenvalue weighted by atomic mass is 16.5. The number of ether oxygens (including phenoxy) is 1. The van der Waals surface area contributed by atoms with Crippen molar-refractivity contribution in [1.29, 1.82) is 0 Å². The average molecular weight is 376 g/mol. The molecule has 27 heavy (non-hydrogen) atoms. The summed E-state index contributed by atoms with van der Waals surface area (Å²) >= 11 is 0. The molecule has 2 N–H and O–H groups in total. The van der Waals surface area contributed by atoms with Crippen molar-refractivity contribution in [1.82, 2.24) is 20.5 Å². The zero-order valence-corrected chi connectivity index (χ0v) is 16.8. The van der Waals surface area contributed by atoms with Gasteiger partial charge in [0.15, 0.2) is 5.96 Å². The molecule has 1 amide bonds. The number of likely N-dealkylation sites (tertiary alicyclic amines) is 1. The van der Waals surface area contributed by atoms with Gasteiger partial charge in [-0.2, -0.15) is 0 Å². The molecule has 0 spiro atoms. The lowest BCUT2D eigenvalue weighted by Crippen LogP contribution is -2.45. The summed E-state index contributed by atoms with van der Waals surface area (Å²) in [6.45, 7) is 5.28. The third-order valence-corrected chi connectivity index (χ3v) is 4.90. The molecule has 0 aromatic carbocycles. The maximum absolute atomic E-state index is 11.6. The number of nitrogens with one attached hydrogen (secondary N) is 2. The van der Waals surface area contributed by atoms with Crippen LogP contribution in [-0.4, -0.2) is 55.5 Å². The molecule has 0 unspecified atom stereocenters. The zero-order valence-electron chi connectivity index (χ0n) is 16.8. The van der Waals surface area contributed by atoms with Gasteiger partial charge in [0, 0.05) is 51.9 Å². The second-order valence-electron chi connectivity index (χ2n) is 6.88. The Balaban J connectivity index is 1.85.